The van der Waals surface area contributed by atoms with E-state index in [9.17, 15) is 9.59 Å². The van der Waals surface area contributed by atoms with Gasteiger partial charge in [-0.05, 0) is 12.1 Å². The first-order valence-electron chi connectivity index (χ1n) is 5.11. The molecule has 1 N–H and O–H groups in total. The van der Waals surface area contributed by atoms with Gasteiger partial charge in [-0.25, -0.2) is 4.79 Å². The maximum absolute atomic E-state index is 11.4. The van der Waals surface area contributed by atoms with Crippen LogP contribution in [0.2, 0.25) is 0 Å². The van der Waals surface area contributed by atoms with Crippen molar-refractivity contribution < 1.29 is 14.3 Å². The van der Waals surface area contributed by atoms with Crippen LogP contribution >= 0.6 is 11.6 Å². The molecule has 1 aliphatic heterocycles. The van der Waals surface area contributed by atoms with Gasteiger partial charge in [-0.2, -0.15) is 0 Å². The lowest BCUT2D eigenvalue weighted by Crippen LogP contribution is -2.25. The maximum atomic E-state index is 11.4. The number of amides is 2. The molecule has 0 spiro atoms. The van der Waals surface area contributed by atoms with Crippen molar-refractivity contribution in [2.75, 3.05) is 29.2 Å². The lowest BCUT2D eigenvalue weighted by atomic mass is 10.2. The van der Waals surface area contributed by atoms with Gasteiger partial charge in [0.15, 0.2) is 0 Å². The van der Waals surface area contributed by atoms with Crippen LogP contribution in [0.15, 0.2) is 24.3 Å². The molecule has 1 saturated heterocycles. The molecule has 0 aliphatic carbocycles. The van der Waals surface area contributed by atoms with Gasteiger partial charge in [-0.15, -0.1) is 11.6 Å². The van der Waals surface area contributed by atoms with Gasteiger partial charge in [0, 0.05) is 0 Å². The van der Waals surface area contributed by atoms with Crippen LogP contribution in [0, 0.1) is 0 Å². The summed E-state index contributed by atoms with van der Waals surface area (Å²) in [6, 6.07) is 7.02. The third kappa shape index (κ3) is 2.50. The van der Waals surface area contributed by atoms with E-state index in [1.165, 1.54) is 4.90 Å². The van der Waals surface area contributed by atoms with Gasteiger partial charge < -0.3 is 10.1 Å². The normalized spacial score (nSPS) is 14.6. The number of alkyl halides is 1. The Kier molecular flexibility index (Phi) is 3.49. The van der Waals surface area contributed by atoms with Gasteiger partial charge in [-0.1, -0.05) is 12.1 Å². The number of halogens is 1. The molecule has 0 bridgehead atoms. The van der Waals surface area contributed by atoms with Gasteiger partial charge in [0.05, 0.1) is 17.9 Å². The molecule has 0 aromatic heterocycles. The Hall–Kier alpha value is -1.75. The molecule has 17 heavy (non-hydrogen) atoms. The number of para-hydroxylation sites is 2. The van der Waals surface area contributed by atoms with Gasteiger partial charge in [0.2, 0.25) is 5.91 Å². The Morgan fingerprint density at radius 1 is 1.47 bits per heavy atom. The summed E-state index contributed by atoms with van der Waals surface area (Å²) >= 11 is 5.43. The van der Waals surface area contributed by atoms with Gasteiger partial charge in [-0.3, -0.25) is 9.69 Å². The van der Waals surface area contributed by atoms with E-state index in [0.717, 1.165) is 0 Å². The fourth-order valence-electron chi connectivity index (χ4n) is 1.61. The second kappa shape index (κ2) is 5.05. The van der Waals surface area contributed by atoms with Gasteiger partial charge in [0.1, 0.15) is 12.5 Å². The number of carbonyl (C=O) groups is 2. The van der Waals surface area contributed by atoms with Crippen molar-refractivity contribution in [3.8, 4) is 0 Å². The zero-order valence-corrected chi connectivity index (χ0v) is 9.74. The van der Waals surface area contributed by atoms with Crippen LogP contribution in [-0.4, -0.2) is 31.0 Å². The van der Waals surface area contributed by atoms with E-state index >= 15 is 0 Å². The van der Waals surface area contributed by atoms with E-state index in [1.807, 2.05) is 0 Å². The van der Waals surface area contributed by atoms with E-state index < -0.39 is 6.09 Å². The Morgan fingerprint density at radius 3 is 2.88 bits per heavy atom. The Morgan fingerprint density at radius 2 is 2.24 bits per heavy atom. The molecule has 1 aliphatic rings. The van der Waals surface area contributed by atoms with Crippen LogP contribution < -0.4 is 10.2 Å². The number of nitrogens with one attached hydrogen (secondary N) is 1. The summed E-state index contributed by atoms with van der Waals surface area (Å²) in [6.07, 6.45) is -0.405. The highest BCUT2D eigenvalue weighted by Crippen LogP contribution is 2.27. The highest BCUT2D eigenvalue weighted by atomic mass is 35.5. The minimum Gasteiger partial charge on any atom is -0.447 e. The summed E-state index contributed by atoms with van der Waals surface area (Å²) in [5, 5.41) is 2.64. The second-order valence-electron chi connectivity index (χ2n) is 3.46. The van der Waals surface area contributed by atoms with E-state index in [1.54, 1.807) is 24.3 Å². The standard InChI is InChI=1S/C11H11ClN2O3/c12-7-10(15)13-8-3-1-2-4-9(8)14-5-6-17-11(14)16/h1-4H,5-7H2,(H,13,15). The molecule has 5 nitrogen and oxygen atoms in total. The third-order valence-electron chi connectivity index (χ3n) is 2.35. The molecule has 2 amide bonds. The Balaban J connectivity index is 2.27. The average molecular weight is 255 g/mol. The predicted molar refractivity (Wildman–Crippen MR) is 64.5 cm³/mol. The fraction of sp³-hybridized carbons (Fsp3) is 0.273. The molecule has 0 radical (unpaired) electrons. The monoisotopic (exact) mass is 254 g/mol. The first-order chi connectivity index (χ1) is 8.22. The number of rotatable bonds is 3. The van der Waals surface area contributed by atoms with Crippen molar-refractivity contribution in [1.29, 1.82) is 0 Å². The average Bonchev–Trinajstić information content (AvgIpc) is 2.76. The molecule has 1 heterocycles. The van der Waals surface area contributed by atoms with Crippen molar-refractivity contribution in [3.05, 3.63) is 24.3 Å². The van der Waals surface area contributed by atoms with Crippen molar-refractivity contribution in [2.24, 2.45) is 0 Å². The summed E-state index contributed by atoms with van der Waals surface area (Å²) in [5.41, 5.74) is 1.17. The summed E-state index contributed by atoms with van der Waals surface area (Å²) < 4.78 is 4.85. The van der Waals surface area contributed by atoms with E-state index in [0.29, 0.717) is 24.5 Å². The van der Waals surface area contributed by atoms with Crippen LogP contribution in [0.1, 0.15) is 0 Å². The van der Waals surface area contributed by atoms with Crippen LogP contribution in [0.4, 0.5) is 16.2 Å². The first-order valence-corrected chi connectivity index (χ1v) is 5.65. The topological polar surface area (TPSA) is 58.6 Å². The Labute approximate surface area is 103 Å². The molecule has 1 aromatic carbocycles. The van der Waals surface area contributed by atoms with Crippen molar-refractivity contribution >= 4 is 35.0 Å². The van der Waals surface area contributed by atoms with Crippen molar-refractivity contribution in [3.63, 3.8) is 0 Å². The minimum atomic E-state index is -0.405. The second-order valence-corrected chi connectivity index (χ2v) is 3.73. The summed E-state index contributed by atoms with van der Waals surface area (Å²) in [6.45, 7) is 0.837. The number of ether oxygens (including phenoxy) is 1. The van der Waals surface area contributed by atoms with E-state index in [-0.39, 0.29) is 11.8 Å². The quantitative estimate of drug-likeness (QED) is 0.837. The van der Waals surface area contributed by atoms with Crippen LogP contribution in [0.3, 0.4) is 0 Å². The zero-order valence-electron chi connectivity index (χ0n) is 8.98. The number of cyclic esters (lactones) is 1. The molecular formula is C11H11ClN2O3. The molecule has 1 fully saturated rings. The number of hydrogen-bond donors (Lipinski definition) is 1. The zero-order chi connectivity index (χ0) is 12.3. The lowest BCUT2D eigenvalue weighted by molar-refractivity contribution is -0.113. The van der Waals surface area contributed by atoms with Crippen LogP contribution in [-0.2, 0) is 9.53 Å². The number of benzene rings is 1. The number of hydrogen-bond acceptors (Lipinski definition) is 3. The predicted octanol–water partition coefficient (Wildman–Crippen LogP) is 1.82. The highest BCUT2D eigenvalue weighted by Gasteiger charge is 2.25. The third-order valence-corrected chi connectivity index (χ3v) is 2.59. The molecular weight excluding hydrogens is 244 g/mol. The van der Waals surface area contributed by atoms with Crippen LogP contribution in [0.5, 0.6) is 0 Å². The Bertz CT molecular complexity index is 450. The molecule has 2 rings (SSSR count). The number of nitrogens with zero attached hydrogens (tertiary/aromatic N) is 1. The van der Waals surface area contributed by atoms with E-state index in [2.05, 4.69) is 5.32 Å². The molecule has 1 aromatic rings. The summed E-state index contributed by atoms with van der Waals surface area (Å²) in [5.74, 6) is -0.439. The smallest absolute Gasteiger partial charge is 0.414 e. The van der Waals surface area contributed by atoms with Crippen molar-refractivity contribution in [2.45, 2.75) is 0 Å². The first kappa shape index (κ1) is 11.7. The van der Waals surface area contributed by atoms with Crippen LogP contribution in [0.25, 0.3) is 0 Å². The highest BCUT2D eigenvalue weighted by molar-refractivity contribution is 6.29. The molecule has 0 unspecified atom stereocenters. The van der Waals surface area contributed by atoms with Gasteiger partial charge in [0.25, 0.3) is 0 Å². The minimum absolute atomic E-state index is 0.126. The SMILES string of the molecule is O=C(CCl)Nc1ccccc1N1CCOC1=O. The number of anilines is 2. The lowest BCUT2D eigenvalue weighted by Gasteiger charge is -2.17. The fourth-order valence-corrected chi connectivity index (χ4v) is 1.68. The summed E-state index contributed by atoms with van der Waals surface area (Å²) in [7, 11) is 0. The molecule has 90 valence electrons. The van der Waals surface area contributed by atoms with Crippen molar-refractivity contribution in [1.82, 2.24) is 0 Å². The molecule has 0 saturated carbocycles. The van der Waals surface area contributed by atoms with Gasteiger partial charge >= 0.3 is 6.09 Å². The maximum Gasteiger partial charge on any atom is 0.414 e. The largest absolute Gasteiger partial charge is 0.447 e. The molecule has 6 heteroatoms. The molecule has 0 atom stereocenters. The van der Waals surface area contributed by atoms with E-state index in [4.69, 9.17) is 16.3 Å². The summed E-state index contributed by atoms with van der Waals surface area (Å²) in [4.78, 5) is 24.2. The number of carbonyl (C=O) groups excluding carboxylic acids is 2.